The molecule has 2 aliphatic rings. The van der Waals surface area contributed by atoms with Crippen molar-refractivity contribution >= 4 is 17.6 Å². The van der Waals surface area contributed by atoms with Gasteiger partial charge in [-0.05, 0) is 56.2 Å². The molecule has 2 aliphatic carbocycles. The van der Waals surface area contributed by atoms with E-state index in [4.69, 9.17) is 5.73 Å². The van der Waals surface area contributed by atoms with Crippen LogP contribution in [-0.2, 0) is 16.9 Å². The fourth-order valence-corrected chi connectivity index (χ4v) is 4.36. The Bertz CT molecular complexity index is 1050. The fraction of sp³-hybridized carbons (Fsp3) is 0.478. The smallest absolute Gasteiger partial charge is 0.254 e. The van der Waals surface area contributed by atoms with Crippen LogP contribution in [-0.4, -0.2) is 27.6 Å². The Morgan fingerprint density at radius 1 is 1.28 bits per heavy atom. The van der Waals surface area contributed by atoms with E-state index in [0.717, 1.165) is 31.2 Å². The summed E-state index contributed by atoms with van der Waals surface area (Å²) in [5, 5.41) is 20.2. The number of aromatic nitrogens is 2. The highest BCUT2D eigenvalue weighted by atomic mass is 19.1. The Morgan fingerprint density at radius 3 is 2.66 bits per heavy atom. The highest BCUT2D eigenvalue weighted by molar-refractivity contribution is 6.02. The zero-order valence-electron chi connectivity index (χ0n) is 17.8. The summed E-state index contributed by atoms with van der Waals surface area (Å²) in [7, 11) is 0. The summed E-state index contributed by atoms with van der Waals surface area (Å²) in [6.45, 7) is 0.568. The normalized spacial score (nSPS) is 22.8. The average molecular weight is 439 g/mol. The van der Waals surface area contributed by atoms with Gasteiger partial charge in [0.1, 0.15) is 11.4 Å². The van der Waals surface area contributed by atoms with Crippen LogP contribution in [0.1, 0.15) is 60.9 Å². The van der Waals surface area contributed by atoms with Crippen molar-refractivity contribution in [3.8, 4) is 6.07 Å². The molecule has 2 fully saturated rings. The largest absolute Gasteiger partial charge is 0.365 e. The van der Waals surface area contributed by atoms with Crippen LogP contribution < -0.4 is 16.4 Å². The molecule has 32 heavy (non-hydrogen) atoms. The number of rotatable bonds is 8. The van der Waals surface area contributed by atoms with Crippen molar-refractivity contribution in [3.05, 3.63) is 47.4 Å². The number of nitrogens with two attached hydrogens (primary N) is 1. The summed E-state index contributed by atoms with van der Waals surface area (Å²) in [4.78, 5) is 24.2. The number of carbonyl (C=O) groups is 2. The number of hydrogen-bond acceptors (Lipinski definition) is 5. The number of primary amides is 1. The van der Waals surface area contributed by atoms with Crippen molar-refractivity contribution in [1.29, 1.82) is 5.26 Å². The van der Waals surface area contributed by atoms with Gasteiger partial charge in [0.15, 0.2) is 5.82 Å². The molecule has 2 saturated carbocycles. The number of amides is 2. The average Bonchev–Trinajstić information content (AvgIpc) is 3.53. The maximum Gasteiger partial charge on any atom is 0.254 e. The lowest BCUT2D eigenvalue weighted by molar-refractivity contribution is -0.117. The highest BCUT2D eigenvalue weighted by Crippen LogP contribution is 2.39. The number of anilines is 1. The van der Waals surface area contributed by atoms with Crippen molar-refractivity contribution in [2.45, 2.75) is 63.1 Å². The first kappa shape index (κ1) is 22.0. The van der Waals surface area contributed by atoms with Gasteiger partial charge in [-0.3, -0.25) is 14.3 Å². The van der Waals surface area contributed by atoms with E-state index in [2.05, 4.69) is 21.8 Å². The molecule has 9 heteroatoms. The minimum absolute atomic E-state index is 0.0338. The summed E-state index contributed by atoms with van der Waals surface area (Å²) in [5.74, 6) is -0.946. The van der Waals surface area contributed by atoms with Gasteiger partial charge in [0, 0.05) is 24.7 Å². The lowest BCUT2D eigenvalue weighted by Crippen LogP contribution is -2.43. The van der Waals surface area contributed by atoms with Crippen molar-refractivity contribution in [2.24, 2.45) is 11.7 Å². The van der Waals surface area contributed by atoms with Crippen LogP contribution >= 0.6 is 0 Å². The molecule has 2 amide bonds. The van der Waals surface area contributed by atoms with Gasteiger partial charge in [0.05, 0.1) is 18.0 Å². The molecule has 0 unspecified atom stereocenters. The van der Waals surface area contributed by atoms with Gasteiger partial charge < -0.3 is 16.4 Å². The molecule has 0 bridgehead atoms. The SMILES string of the molecule is N#CCC1(n2cc(C(N)=O)c(NC(=O)C3CC3)n2)CCC(NCc2cccc(F)c2)CC1. The van der Waals surface area contributed by atoms with Crippen LogP contribution in [0.4, 0.5) is 10.2 Å². The predicted molar refractivity (Wildman–Crippen MR) is 116 cm³/mol. The molecule has 1 aromatic carbocycles. The maximum atomic E-state index is 13.4. The van der Waals surface area contributed by atoms with Gasteiger partial charge in [-0.1, -0.05) is 12.1 Å². The molecule has 1 aromatic heterocycles. The Kier molecular flexibility index (Phi) is 6.24. The molecule has 8 nitrogen and oxygen atoms in total. The monoisotopic (exact) mass is 438 g/mol. The lowest BCUT2D eigenvalue weighted by atomic mass is 9.77. The van der Waals surface area contributed by atoms with Gasteiger partial charge in [0.2, 0.25) is 5.91 Å². The molecule has 4 N–H and O–H groups in total. The molecule has 0 radical (unpaired) electrons. The Hall–Kier alpha value is -3.25. The van der Waals surface area contributed by atoms with Gasteiger partial charge in [-0.2, -0.15) is 10.4 Å². The van der Waals surface area contributed by atoms with Crippen LogP contribution in [0.3, 0.4) is 0 Å². The summed E-state index contributed by atoms with van der Waals surface area (Å²) in [6.07, 6.45) is 6.41. The lowest BCUT2D eigenvalue weighted by Gasteiger charge is -2.39. The third kappa shape index (κ3) is 4.81. The first-order valence-corrected chi connectivity index (χ1v) is 11.0. The molecule has 1 heterocycles. The molecular weight excluding hydrogens is 411 g/mol. The Labute approximate surface area is 186 Å². The second-order valence-corrected chi connectivity index (χ2v) is 8.81. The molecular formula is C23H27FN6O2. The summed E-state index contributed by atoms with van der Waals surface area (Å²) in [6, 6.07) is 9.00. The molecule has 0 spiro atoms. The predicted octanol–water partition coefficient (Wildman–Crippen LogP) is 2.81. The first-order valence-electron chi connectivity index (χ1n) is 11.0. The van der Waals surface area contributed by atoms with E-state index in [9.17, 15) is 19.2 Å². The van der Waals surface area contributed by atoms with Crippen LogP contribution in [0.15, 0.2) is 30.5 Å². The van der Waals surface area contributed by atoms with E-state index in [1.165, 1.54) is 12.1 Å². The zero-order valence-corrected chi connectivity index (χ0v) is 17.8. The number of carbonyl (C=O) groups excluding carboxylic acids is 2. The van der Waals surface area contributed by atoms with Gasteiger partial charge in [-0.25, -0.2) is 4.39 Å². The topological polar surface area (TPSA) is 126 Å². The minimum Gasteiger partial charge on any atom is -0.365 e. The Balaban J connectivity index is 1.46. The number of benzene rings is 1. The number of nitriles is 1. The number of halogens is 1. The summed E-state index contributed by atoms with van der Waals surface area (Å²) < 4.78 is 15.1. The quantitative estimate of drug-likeness (QED) is 0.584. The second kappa shape index (κ2) is 9.09. The Morgan fingerprint density at radius 2 is 2.03 bits per heavy atom. The maximum absolute atomic E-state index is 13.4. The zero-order chi connectivity index (χ0) is 22.7. The van der Waals surface area contributed by atoms with Crippen molar-refractivity contribution in [2.75, 3.05) is 5.32 Å². The van der Waals surface area contributed by atoms with Crippen LogP contribution in [0.2, 0.25) is 0 Å². The molecule has 4 rings (SSSR count). The molecule has 2 aromatic rings. The number of nitrogens with one attached hydrogen (secondary N) is 2. The van der Waals surface area contributed by atoms with E-state index in [1.807, 2.05) is 6.07 Å². The minimum atomic E-state index is -0.667. The van der Waals surface area contributed by atoms with Crippen molar-refractivity contribution < 1.29 is 14.0 Å². The van der Waals surface area contributed by atoms with E-state index >= 15 is 0 Å². The number of hydrogen-bond donors (Lipinski definition) is 3. The van der Waals surface area contributed by atoms with Gasteiger partial charge in [-0.15, -0.1) is 0 Å². The van der Waals surface area contributed by atoms with Crippen LogP contribution in [0.25, 0.3) is 0 Å². The standard InChI is InChI=1S/C23H27FN6O2/c24-17-3-1-2-15(12-17)13-27-18-6-8-23(9-7-18,10-11-25)30-14-19(20(26)31)21(29-30)28-22(32)16-4-5-16/h1-3,12,14,16,18,27H,4-10,13H2,(H2,26,31)(H,28,29,32). The van der Waals surface area contributed by atoms with E-state index in [0.29, 0.717) is 19.4 Å². The van der Waals surface area contributed by atoms with E-state index in [1.54, 1.807) is 16.9 Å². The highest BCUT2D eigenvalue weighted by Gasteiger charge is 2.39. The molecule has 0 aliphatic heterocycles. The second-order valence-electron chi connectivity index (χ2n) is 8.81. The molecule has 0 saturated heterocycles. The van der Waals surface area contributed by atoms with E-state index < -0.39 is 11.4 Å². The first-order chi connectivity index (χ1) is 15.4. The number of nitrogens with zero attached hydrogens (tertiary/aromatic N) is 3. The summed E-state index contributed by atoms with van der Waals surface area (Å²) >= 11 is 0. The molecule has 168 valence electrons. The van der Waals surface area contributed by atoms with Crippen molar-refractivity contribution in [1.82, 2.24) is 15.1 Å². The van der Waals surface area contributed by atoms with E-state index in [-0.39, 0.29) is 41.5 Å². The van der Waals surface area contributed by atoms with Crippen LogP contribution in [0.5, 0.6) is 0 Å². The molecule has 0 atom stereocenters. The summed E-state index contributed by atoms with van der Waals surface area (Å²) in [5.41, 5.74) is 5.99. The van der Waals surface area contributed by atoms with Gasteiger partial charge in [0.25, 0.3) is 5.91 Å². The third-order valence-electron chi connectivity index (χ3n) is 6.46. The third-order valence-corrected chi connectivity index (χ3v) is 6.46. The van der Waals surface area contributed by atoms with Crippen LogP contribution in [0, 0.1) is 23.1 Å². The van der Waals surface area contributed by atoms with Gasteiger partial charge >= 0.3 is 0 Å². The van der Waals surface area contributed by atoms with Crippen molar-refractivity contribution in [3.63, 3.8) is 0 Å². The fourth-order valence-electron chi connectivity index (χ4n) is 4.36.